The molecule has 1 nitrogen and oxygen atoms in total. The molecular weight excluding hydrogens is 146 g/mol. The van der Waals surface area contributed by atoms with Gasteiger partial charge in [0, 0.05) is 6.04 Å². The topological polar surface area (TPSA) is 12.0 Å². The second kappa shape index (κ2) is 5.36. The Morgan fingerprint density at radius 3 is 2.92 bits per heavy atom. The fourth-order valence-corrected chi connectivity index (χ4v) is 1.90. The first kappa shape index (κ1) is 9.79. The Kier molecular flexibility index (Phi) is 4.37. The van der Waals surface area contributed by atoms with Gasteiger partial charge < -0.3 is 5.32 Å². The third-order valence-electron chi connectivity index (χ3n) is 2.51. The smallest absolute Gasteiger partial charge is 0.00757 e. The summed E-state index contributed by atoms with van der Waals surface area (Å²) in [6.07, 6.45) is 9.17. The molecule has 0 heterocycles. The van der Waals surface area contributed by atoms with Crippen LogP contribution in [0.5, 0.6) is 0 Å². The minimum atomic E-state index is 0.666. The summed E-state index contributed by atoms with van der Waals surface area (Å²) in [6.45, 7) is 5.54. The SMILES string of the molecule is CCNC(C)CC1=CCCCC1. The lowest BCUT2D eigenvalue weighted by Crippen LogP contribution is -2.26. The van der Waals surface area contributed by atoms with Gasteiger partial charge in [-0.1, -0.05) is 18.6 Å². The van der Waals surface area contributed by atoms with Crippen molar-refractivity contribution >= 4 is 0 Å². The molecule has 1 aliphatic rings. The third kappa shape index (κ3) is 3.40. The lowest BCUT2D eigenvalue weighted by Gasteiger charge is -2.17. The van der Waals surface area contributed by atoms with E-state index >= 15 is 0 Å². The number of hydrogen-bond acceptors (Lipinski definition) is 1. The number of allylic oxidation sites excluding steroid dienone is 1. The zero-order valence-electron chi connectivity index (χ0n) is 8.40. The maximum atomic E-state index is 3.45. The molecule has 1 rings (SSSR count). The molecule has 0 radical (unpaired) electrons. The first-order valence-corrected chi connectivity index (χ1v) is 5.24. The van der Waals surface area contributed by atoms with Crippen molar-refractivity contribution in [2.75, 3.05) is 6.54 Å². The van der Waals surface area contributed by atoms with Gasteiger partial charge in [0.05, 0.1) is 0 Å². The molecule has 0 spiro atoms. The summed E-state index contributed by atoms with van der Waals surface area (Å²) in [7, 11) is 0. The predicted molar refractivity (Wildman–Crippen MR) is 54.3 cm³/mol. The van der Waals surface area contributed by atoms with Gasteiger partial charge in [-0.15, -0.1) is 0 Å². The average Bonchev–Trinajstić information content (AvgIpc) is 2.06. The van der Waals surface area contributed by atoms with Gasteiger partial charge in [-0.25, -0.2) is 0 Å². The molecule has 1 heteroatoms. The molecule has 1 unspecified atom stereocenters. The minimum Gasteiger partial charge on any atom is -0.314 e. The molecule has 1 atom stereocenters. The number of nitrogens with one attached hydrogen (secondary N) is 1. The molecule has 0 saturated carbocycles. The van der Waals surface area contributed by atoms with E-state index in [1.807, 2.05) is 0 Å². The van der Waals surface area contributed by atoms with Gasteiger partial charge in [-0.05, 0) is 45.6 Å². The summed E-state index contributed by atoms with van der Waals surface area (Å²) in [5, 5.41) is 3.45. The van der Waals surface area contributed by atoms with Crippen LogP contribution in [0.15, 0.2) is 11.6 Å². The van der Waals surface area contributed by atoms with E-state index in [1.165, 1.54) is 32.1 Å². The van der Waals surface area contributed by atoms with Crippen LogP contribution in [0.1, 0.15) is 46.0 Å². The van der Waals surface area contributed by atoms with E-state index in [9.17, 15) is 0 Å². The summed E-state index contributed by atoms with van der Waals surface area (Å²) in [5.74, 6) is 0. The molecule has 0 fully saturated rings. The largest absolute Gasteiger partial charge is 0.314 e. The van der Waals surface area contributed by atoms with Crippen molar-refractivity contribution in [1.29, 1.82) is 0 Å². The van der Waals surface area contributed by atoms with Crippen LogP contribution in [0.3, 0.4) is 0 Å². The van der Waals surface area contributed by atoms with Crippen molar-refractivity contribution in [2.45, 2.75) is 52.0 Å². The Labute approximate surface area is 76.2 Å². The quantitative estimate of drug-likeness (QED) is 0.635. The van der Waals surface area contributed by atoms with Crippen molar-refractivity contribution in [1.82, 2.24) is 5.32 Å². The summed E-state index contributed by atoms with van der Waals surface area (Å²) >= 11 is 0. The van der Waals surface area contributed by atoms with Crippen molar-refractivity contribution in [2.24, 2.45) is 0 Å². The van der Waals surface area contributed by atoms with Crippen molar-refractivity contribution in [3.8, 4) is 0 Å². The summed E-state index contributed by atoms with van der Waals surface area (Å²) in [5.41, 5.74) is 1.68. The molecule has 1 aliphatic carbocycles. The third-order valence-corrected chi connectivity index (χ3v) is 2.51. The molecule has 1 N–H and O–H groups in total. The Bertz CT molecular complexity index is 149. The minimum absolute atomic E-state index is 0.666. The maximum absolute atomic E-state index is 3.45. The van der Waals surface area contributed by atoms with Gasteiger partial charge in [-0.2, -0.15) is 0 Å². The summed E-state index contributed by atoms with van der Waals surface area (Å²) < 4.78 is 0. The Morgan fingerprint density at radius 1 is 1.50 bits per heavy atom. The maximum Gasteiger partial charge on any atom is 0.00757 e. The number of rotatable bonds is 4. The average molecular weight is 167 g/mol. The second-order valence-electron chi connectivity index (χ2n) is 3.77. The number of hydrogen-bond donors (Lipinski definition) is 1. The van der Waals surface area contributed by atoms with Gasteiger partial charge in [0.2, 0.25) is 0 Å². The van der Waals surface area contributed by atoms with E-state index in [-0.39, 0.29) is 0 Å². The molecule has 0 aromatic rings. The fourth-order valence-electron chi connectivity index (χ4n) is 1.90. The lowest BCUT2D eigenvalue weighted by molar-refractivity contribution is 0.541. The normalized spacial score (nSPS) is 20.3. The van der Waals surface area contributed by atoms with Crippen molar-refractivity contribution < 1.29 is 0 Å². The molecular formula is C11H21N. The van der Waals surface area contributed by atoms with E-state index in [0.29, 0.717) is 6.04 Å². The second-order valence-corrected chi connectivity index (χ2v) is 3.77. The first-order chi connectivity index (χ1) is 5.83. The zero-order chi connectivity index (χ0) is 8.81. The highest BCUT2D eigenvalue weighted by atomic mass is 14.9. The van der Waals surface area contributed by atoms with Gasteiger partial charge in [-0.3, -0.25) is 0 Å². The van der Waals surface area contributed by atoms with E-state index in [0.717, 1.165) is 6.54 Å². The molecule has 0 aromatic carbocycles. The van der Waals surface area contributed by atoms with Crippen LogP contribution in [0.4, 0.5) is 0 Å². The zero-order valence-corrected chi connectivity index (χ0v) is 8.40. The molecule has 0 aliphatic heterocycles. The van der Waals surface area contributed by atoms with E-state index < -0.39 is 0 Å². The molecule has 70 valence electrons. The molecule has 0 bridgehead atoms. The van der Waals surface area contributed by atoms with Crippen LogP contribution in [0.2, 0.25) is 0 Å². The first-order valence-electron chi connectivity index (χ1n) is 5.24. The van der Waals surface area contributed by atoms with Crippen LogP contribution in [0, 0.1) is 0 Å². The molecule has 0 aromatic heterocycles. The van der Waals surface area contributed by atoms with Crippen LogP contribution >= 0.6 is 0 Å². The lowest BCUT2D eigenvalue weighted by atomic mass is 9.95. The molecule has 12 heavy (non-hydrogen) atoms. The van der Waals surface area contributed by atoms with Crippen LogP contribution in [0.25, 0.3) is 0 Å². The van der Waals surface area contributed by atoms with Gasteiger partial charge in [0.1, 0.15) is 0 Å². The van der Waals surface area contributed by atoms with E-state index in [1.54, 1.807) is 5.57 Å². The monoisotopic (exact) mass is 167 g/mol. The Balaban J connectivity index is 2.24. The highest BCUT2D eigenvalue weighted by Crippen LogP contribution is 2.20. The Hall–Kier alpha value is -0.300. The van der Waals surface area contributed by atoms with Crippen LogP contribution in [-0.2, 0) is 0 Å². The van der Waals surface area contributed by atoms with Crippen molar-refractivity contribution in [3.63, 3.8) is 0 Å². The Morgan fingerprint density at radius 2 is 2.33 bits per heavy atom. The summed E-state index contributed by atoms with van der Waals surface area (Å²) in [6, 6.07) is 0.666. The van der Waals surface area contributed by atoms with E-state index in [4.69, 9.17) is 0 Å². The van der Waals surface area contributed by atoms with Crippen LogP contribution in [-0.4, -0.2) is 12.6 Å². The van der Waals surface area contributed by atoms with Gasteiger partial charge in [0.15, 0.2) is 0 Å². The van der Waals surface area contributed by atoms with Gasteiger partial charge >= 0.3 is 0 Å². The van der Waals surface area contributed by atoms with Crippen LogP contribution < -0.4 is 5.32 Å². The van der Waals surface area contributed by atoms with Crippen molar-refractivity contribution in [3.05, 3.63) is 11.6 Å². The fraction of sp³-hybridized carbons (Fsp3) is 0.818. The molecule has 0 amide bonds. The predicted octanol–water partition coefficient (Wildman–Crippen LogP) is 2.87. The standard InChI is InChI=1S/C11H21N/c1-3-12-10(2)9-11-7-5-4-6-8-11/h7,10,12H,3-6,8-9H2,1-2H3. The summed E-state index contributed by atoms with van der Waals surface area (Å²) in [4.78, 5) is 0. The highest BCUT2D eigenvalue weighted by Gasteiger charge is 2.06. The molecule has 0 saturated heterocycles. The highest BCUT2D eigenvalue weighted by molar-refractivity contribution is 5.06. The van der Waals surface area contributed by atoms with E-state index in [2.05, 4.69) is 25.2 Å². The van der Waals surface area contributed by atoms with Gasteiger partial charge in [0.25, 0.3) is 0 Å².